The molecule has 2 aromatic rings. The van der Waals surface area contributed by atoms with Crippen molar-refractivity contribution in [1.29, 1.82) is 0 Å². The maximum absolute atomic E-state index is 12.0. The van der Waals surface area contributed by atoms with Gasteiger partial charge in [0, 0.05) is 35.8 Å². The van der Waals surface area contributed by atoms with E-state index in [9.17, 15) is 8.42 Å². The van der Waals surface area contributed by atoms with Crippen molar-refractivity contribution >= 4 is 10.0 Å². The van der Waals surface area contributed by atoms with Crippen LogP contribution in [0.1, 0.15) is 57.0 Å². The van der Waals surface area contributed by atoms with Crippen LogP contribution in [0.15, 0.2) is 30.5 Å². The van der Waals surface area contributed by atoms with E-state index >= 15 is 0 Å². The minimum atomic E-state index is -3.29. The van der Waals surface area contributed by atoms with Gasteiger partial charge in [0.2, 0.25) is 10.0 Å². The number of nitrogens with zero attached hydrogens (tertiary/aromatic N) is 1. The molecule has 1 heterocycles. The van der Waals surface area contributed by atoms with E-state index in [4.69, 9.17) is 0 Å². The molecule has 0 bridgehead atoms. The number of benzene rings is 1. The first kappa shape index (κ1) is 20.6. The molecule has 0 unspecified atom stereocenters. The molecule has 0 amide bonds. The van der Waals surface area contributed by atoms with Gasteiger partial charge in [-0.3, -0.25) is 5.10 Å². The third-order valence-electron chi connectivity index (χ3n) is 3.91. The van der Waals surface area contributed by atoms with Crippen LogP contribution in [0.3, 0.4) is 0 Å². The molecule has 3 N–H and O–H groups in total. The fraction of sp³-hybridized carbons (Fsp3) is 0.526. The van der Waals surface area contributed by atoms with E-state index in [1.807, 2.05) is 44.3 Å². The summed E-state index contributed by atoms with van der Waals surface area (Å²) in [5.41, 5.74) is 4.24. The molecule has 0 spiro atoms. The van der Waals surface area contributed by atoms with Gasteiger partial charge >= 0.3 is 0 Å². The highest BCUT2D eigenvalue weighted by Crippen LogP contribution is 2.23. The van der Waals surface area contributed by atoms with Gasteiger partial charge in [-0.1, -0.05) is 45.0 Å². The van der Waals surface area contributed by atoms with E-state index < -0.39 is 10.0 Å². The number of sulfonamides is 1. The Bertz CT molecular complexity index is 803. The summed E-state index contributed by atoms with van der Waals surface area (Å²) in [5.74, 6) is 0.00283. The molecule has 0 saturated heterocycles. The highest BCUT2D eigenvalue weighted by molar-refractivity contribution is 7.88. The van der Waals surface area contributed by atoms with E-state index in [1.165, 1.54) is 5.56 Å². The fourth-order valence-corrected chi connectivity index (χ4v) is 4.24. The SMILES string of the molecule is CC(C)NS(=O)(=O)Cc1ccc(CNCc2cn[nH]c2C(C)(C)C)cc1. The van der Waals surface area contributed by atoms with Crippen molar-refractivity contribution < 1.29 is 8.42 Å². The van der Waals surface area contributed by atoms with E-state index in [2.05, 4.69) is 41.0 Å². The first-order chi connectivity index (χ1) is 12.1. The van der Waals surface area contributed by atoms with Gasteiger partial charge in [0.1, 0.15) is 0 Å². The van der Waals surface area contributed by atoms with Crippen molar-refractivity contribution in [3.05, 3.63) is 52.8 Å². The second kappa shape index (κ2) is 8.33. The van der Waals surface area contributed by atoms with Gasteiger partial charge in [-0.05, 0) is 25.0 Å². The van der Waals surface area contributed by atoms with Crippen LogP contribution in [-0.4, -0.2) is 24.7 Å². The lowest BCUT2D eigenvalue weighted by Gasteiger charge is -2.18. The minimum absolute atomic E-state index is 0.00283. The summed E-state index contributed by atoms with van der Waals surface area (Å²) in [6.45, 7) is 11.6. The minimum Gasteiger partial charge on any atom is -0.308 e. The summed E-state index contributed by atoms with van der Waals surface area (Å²) in [7, 11) is -3.29. The Kier molecular flexibility index (Phi) is 6.60. The second-order valence-electron chi connectivity index (χ2n) is 7.97. The van der Waals surface area contributed by atoms with Crippen molar-refractivity contribution in [3.63, 3.8) is 0 Å². The van der Waals surface area contributed by atoms with Crippen LogP contribution in [0, 0.1) is 0 Å². The van der Waals surface area contributed by atoms with Crippen LogP contribution in [0.2, 0.25) is 0 Å². The predicted octanol–water partition coefficient (Wildman–Crippen LogP) is 2.82. The standard InChI is InChI=1S/C19H30N4O2S/c1-14(2)23-26(24,25)13-16-8-6-15(7-9-16)10-20-11-17-12-21-22-18(17)19(3,4)5/h6-9,12,14,20,23H,10-11,13H2,1-5H3,(H,21,22). The lowest BCUT2D eigenvalue weighted by atomic mass is 9.89. The maximum atomic E-state index is 12.0. The number of hydrogen-bond acceptors (Lipinski definition) is 4. The number of nitrogens with one attached hydrogen (secondary N) is 3. The molecule has 1 aromatic heterocycles. The summed E-state index contributed by atoms with van der Waals surface area (Å²) in [6.07, 6.45) is 1.86. The molecule has 0 saturated carbocycles. The van der Waals surface area contributed by atoms with Crippen LogP contribution in [0.25, 0.3) is 0 Å². The summed E-state index contributed by atoms with van der Waals surface area (Å²) in [4.78, 5) is 0. The molecule has 0 aliphatic carbocycles. The molecule has 0 fully saturated rings. The molecular weight excluding hydrogens is 348 g/mol. The monoisotopic (exact) mass is 378 g/mol. The highest BCUT2D eigenvalue weighted by atomic mass is 32.2. The van der Waals surface area contributed by atoms with Crippen LogP contribution >= 0.6 is 0 Å². The van der Waals surface area contributed by atoms with E-state index in [-0.39, 0.29) is 17.2 Å². The topological polar surface area (TPSA) is 86.9 Å². The van der Waals surface area contributed by atoms with Gasteiger partial charge in [-0.15, -0.1) is 0 Å². The van der Waals surface area contributed by atoms with Crippen LogP contribution < -0.4 is 10.0 Å². The molecule has 144 valence electrons. The van der Waals surface area contributed by atoms with Crippen molar-refractivity contribution in [2.75, 3.05) is 0 Å². The average Bonchev–Trinajstić information content (AvgIpc) is 2.96. The third kappa shape index (κ3) is 6.23. The zero-order chi connectivity index (χ0) is 19.4. The molecule has 0 aliphatic rings. The van der Waals surface area contributed by atoms with Gasteiger partial charge in [-0.25, -0.2) is 13.1 Å². The molecular formula is C19H30N4O2S. The number of H-pyrrole nitrogens is 1. The van der Waals surface area contributed by atoms with Crippen molar-refractivity contribution in [2.24, 2.45) is 0 Å². The first-order valence-corrected chi connectivity index (χ1v) is 10.5. The van der Waals surface area contributed by atoms with Gasteiger partial charge in [0.25, 0.3) is 0 Å². The lowest BCUT2D eigenvalue weighted by Crippen LogP contribution is -2.31. The molecule has 7 heteroatoms. The Hall–Kier alpha value is -1.70. The van der Waals surface area contributed by atoms with Crippen molar-refractivity contribution in [1.82, 2.24) is 20.2 Å². The normalized spacial score (nSPS) is 12.7. The zero-order valence-electron chi connectivity index (χ0n) is 16.3. The quantitative estimate of drug-likeness (QED) is 0.659. The smallest absolute Gasteiger partial charge is 0.216 e. The highest BCUT2D eigenvalue weighted by Gasteiger charge is 2.19. The Morgan fingerprint density at radius 2 is 1.69 bits per heavy atom. The summed E-state index contributed by atoms with van der Waals surface area (Å²) in [5, 5.41) is 10.7. The number of aromatic nitrogens is 2. The molecule has 26 heavy (non-hydrogen) atoms. The Morgan fingerprint density at radius 3 is 2.27 bits per heavy atom. The predicted molar refractivity (Wildman–Crippen MR) is 105 cm³/mol. The molecule has 0 atom stereocenters. The van der Waals surface area contributed by atoms with Crippen LogP contribution in [0.4, 0.5) is 0 Å². The average molecular weight is 379 g/mol. The zero-order valence-corrected chi connectivity index (χ0v) is 17.1. The Morgan fingerprint density at radius 1 is 1.08 bits per heavy atom. The Balaban J connectivity index is 1.89. The van der Waals surface area contributed by atoms with Gasteiger partial charge < -0.3 is 5.32 Å². The fourth-order valence-electron chi connectivity index (χ4n) is 2.81. The molecule has 0 radical (unpaired) electrons. The third-order valence-corrected chi connectivity index (χ3v) is 5.45. The Labute approximate surface area is 156 Å². The first-order valence-electron chi connectivity index (χ1n) is 8.88. The number of hydrogen-bond donors (Lipinski definition) is 3. The van der Waals surface area contributed by atoms with Crippen molar-refractivity contribution in [2.45, 2.75) is 64.9 Å². The lowest BCUT2D eigenvalue weighted by molar-refractivity contribution is 0.553. The van der Waals surface area contributed by atoms with Gasteiger partial charge in [0.05, 0.1) is 11.9 Å². The van der Waals surface area contributed by atoms with E-state index in [0.717, 1.165) is 23.4 Å². The maximum Gasteiger partial charge on any atom is 0.216 e. The summed E-state index contributed by atoms with van der Waals surface area (Å²) in [6, 6.07) is 7.58. The van der Waals surface area contributed by atoms with Crippen LogP contribution in [0.5, 0.6) is 0 Å². The van der Waals surface area contributed by atoms with Gasteiger partial charge in [-0.2, -0.15) is 5.10 Å². The summed E-state index contributed by atoms with van der Waals surface area (Å²) < 4.78 is 26.6. The molecule has 2 rings (SSSR count). The van der Waals surface area contributed by atoms with Gasteiger partial charge in [0.15, 0.2) is 0 Å². The van der Waals surface area contributed by atoms with Crippen LogP contribution in [-0.2, 0) is 34.3 Å². The molecule has 6 nitrogen and oxygen atoms in total. The van der Waals surface area contributed by atoms with E-state index in [1.54, 1.807) is 0 Å². The molecule has 0 aliphatic heterocycles. The van der Waals surface area contributed by atoms with Crippen molar-refractivity contribution in [3.8, 4) is 0 Å². The summed E-state index contributed by atoms with van der Waals surface area (Å²) >= 11 is 0. The number of rotatable bonds is 8. The van der Waals surface area contributed by atoms with E-state index in [0.29, 0.717) is 6.54 Å². The second-order valence-corrected chi connectivity index (χ2v) is 9.73. The molecule has 1 aromatic carbocycles. The largest absolute Gasteiger partial charge is 0.308 e. The number of aromatic amines is 1.